The van der Waals surface area contributed by atoms with E-state index in [1.54, 1.807) is 11.8 Å². The monoisotopic (exact) mass is 496 g/mol. The summed E-state index contributed by atoms with van der Waals surface area (Å²) < 4.78 is 6.47. The number of nitrogens with zero attached hydrogens (tertiary/aromatic N) is 1. The van der Waals surface area contributed by atoms with Crippen molar-refractivity contribution in [1.29, 1.82) is 0 Å². The fourth-order valence-corrected chi connectivity index (χ4v) is 6.47. The second-order valence-electron chi connectivity index (χ2n) is 10.4. The zero-order chi connectivity index (χ0) is 25.2. The molecule has 1 saturated heterocycles. The van der Waals surface area contributed by atoms with Gasteiger partial charge in [0.25, 0.3) is 0 Å². The molecule has 0 bridgehead atoms. The van der Waals surface area contributed by atoms with Gasteiger partial charge in [0.1, 0.15) is 6.61 Å². The maximum Gasteiger partial charge on any atom is 0.106 e. The molecule has 4 heteroatoms. The Hall–Kier alpha value is -1.33. The number of aliphatic hydroxyl groups excluding tert-OH is 1. The molecule has 2 heterocycles. The summed E-state index contributed by atoms with van der Waals surface area (Å²) >= 11 is 1.70. The molecular weight excluding hydrogens is 450 g/mol. The number of ether oxygens (including phenoxy) is 1. The van der Waals surface area contributed by atoms with Crippen molar-refractivity contribution in [2.45, 2.75) is 83.9 Å². The Bertz CT molecular complexity index is 836. The van der Waals surface area contributed by atoms with Crippen LogP contribution in [0.4, 0.5) is 0 Å². The topological polar surface area (TPSA) is 32.7 Å². The van der Waals surface area contributed by atoms with E-state index in [4.69, 9.17) is 4.74 Å². The van der Waals surface area contributed by atoms with Crippen LogP contribution in [-0.2, 0) is 11.3 Å². The quantitative estimate of drug-likeness (QED) is 0.324. The van der Waals surface area contributed by atoms with Crippen molar-refractivity contribution in [2.75, 3.05) is 12.3 Å². The van der Waals surface area contributed by atoms with Gasteiger partial charge >= 0.3 is 0 Å². The molecule has 1 fully saturated rings. The molecule has 1 aromatic carbocycles. The van der Waals surface area contributed by atoms with Gasteiger partial charge in [0, 0.05) is 25.0 Å². The molecule has 193 valence electrons. The number of hydrogen-bond acceptors (Lipinski definition) is 4. The smallest absolute Gasteiger partial charge is 0.106 e. The van der Waals surface area contributed by atoms with Crippen molar-refractivity contribution in [3.05, 3.63) is 78.5 Å². The summed E-state index contributed by atoms with van der Waals surface area (Å²) in [6.45, 7) is 17.3. The van der Waals surface area contributed by atoms with Crippen LogP contribution in [0.2, 0.25) is 0 Å². The van der Waals surface area contributed by atoms with Gasteiger partial charge in [0.15, 0.2) is 0 Å². The first kappa shape index (κ1) is 28.2. The minimum atomic E-state index is -0.247. The second kappa shape index (κ2) is 14.4. The number of fused-ring (bicyclic) bond motifs is 1. The number of piperidine rings is 1. The number of aliphatic hydroxyl groups is 1. The summed E-state index contributed by atoms with van der Waals surface area (Å²) in [5, 5.41) is 10.5. The Labute approximate surface area is 218 Å². The third-order valence-electron chi connectivity index (χ3n) is 7.74. The molecule has 4 unspecified atom stereocenters. The molecule has 0 spiro atoms. The molecule has 2 aliphatic heterocycles. The molecular formula is C31H46NO2S. The second-order valence-corrected chi connectivity index (χ2v) is 11.7. The molecule has 0 amide bonds. The fourth-order valence-electron chi connectivity index (χ4n) is 5.55. The Balaban J connectivity index is 1.78. The highest BCUT2D eigenvalue weighted by Crippen LogP contribution is 2.40. The van der Waals surface area contributed by atoms with Crippen molar-refractivity contribution in [1.82, 2.24) is 4.90 Å². The fraction of sp³-hybridized carbons (Fsp3) is 0.581. The summed E-state index contributed by atoms with van der Waals surface area (Å²) in [5.41, 5.74) is 3.46. The van der Waals surface area contributed by atoms with Crippen LogP contribution < -0.4 is 0 Å². The van der Waals surface area contributed by atoms with E-state index < -0.39 is 0 Å². The van der Waals surface area contributed by atoms with Crippen molar-refractivity contribution >= 4 is 11.8 Å². The van der Waals surface area contributed by atoms with Crippen LogP contribution >= 0.6 is 11.8 Å². The van der Waals surface area contributed by atoms with Crippen molar-refractivity contribution < 1.29 is 9.84 Å². The lowest BCUT2D eigenvalue weighted by molar-refractivity contribution is -0.0636. The summed E-state index contributed by atoms with van der Waals surface area (Å²) in [4.78, 5) is 2.60. The number of rotatable bonds is 11. The van der Waals surface area contributed by atoms with E-state index in [0.29, 0.717) is 23.8 Å². The van der Waals surface area contributed by atoms with Gasteiger partial charge in [-0.25, -0.2) is 0 Å². The summed E-state index contributed by atoms with van der Waals surface area (Å²) in [6, 6.07) is 11.1. The van der Waals surface area contributed by atoms with E-state index in [-0.39, 0.29) is 11.5 Å². The predicted molar refractivity (Wildman–Crippen MR) is 151 cm³/mol. The number of thioether (sulfide) groups is 1. The zero-order valence-corrected chi connectivity index (χ0v) is 23.1. The lowest BCUT2D eigenvalue weighted by Gasteiger charge is -2.48. The first-order valence-corrected chi connectivity index (χ1v) is 14.6. The van der Waals surface area contributed by atoms with Gasteiger partial charge in [-0.2, -0.15) is 0 Å². The number of hydrogen-bond donors (Lipinski definition) is 1. The maximum atomic E-state index is 10.5. The average Bonchev–Trinajstić information content (AvgIpc) is 2.93. The molecule has 1 radical (unpaired) electrons. The molecule has 2 aliphatic rings. The van der Waals surface area contributed by atoms with E-state index in [1.807, 2.05) is 6.61 Å². The summed E-state index contributed by atoms with van der Waals surface area (Å²) in [7, 11) is 0. The van der Waals surface area contributed by atoms with Gasteiger partial charge in [-0.1, -0.05) is 81.0 Å². The summed E-state index contributed by atoms with van der Waals surface area (Å²) in [5.74, 6) is 2.34. The van der Waals surface area contributed by atoms with Crippen molar-refractivity contribution in [2.24, 2.45) is 17.8 Å². The Morgan fingerprint density at radius 3 is 2.69 bits per heavy atom. The van der Waals surface area contributed by atoms with Gasteiger partial charge in [-0.15, -0.1) is 11.8 Å². The highest BCUT2D eigenvalue weighted by atomic mass is 32.2. The maximum absolute atomic E-state index is 10.5. The van der Waals surface area contributed by atoms with Gasteiger partial charge in [-0.05, 0) is 68.3 Å². The number of likely N-dealkylation sites (tertiary alicyclic amines) is 1. The first-order valence-electron chi connectivity index (χ1n) is 13.5. The van der Waals surface area contributed by atoms with E-state index >= 15 is 0 Å². The normalized spacial score (nSPS) is 29.7. The van der Waals surface area contributed by atoms with Crippen LogP contribution in [0.15, 0.2) is 66.3 Å². The molecule has 0 aromatic heterocycles. The van der Waals surface area contributed by atoms with Crippen molar-refractivity contribution in [3.63, 3.8) is 0 Å². The van der Waals surface area contributed by atoms with E-state index in [0.717, 1.165) is 50.9 Å². The Kier molecular flexibility index (Phi) is 11.6. The Morgan fingerprint density at radius 2 is 1.97 bits per heavy atom. The largest absolute Gasteiger partial charge is 0.382 e. The number of benzene rings is 1. The molecule has 6 atom stereocenters. The highest BCUT2D eigenvalue weighted by Gasteiger charge is 2.43. The van der Waals surface area contributed by atoms with Crippen LogP contribution in [0, 0.1) is 24.4 Å². The Morgan fingerprint density at radius 1 is 1.20 bits per heavy atom. The predicted octanol–water partition coefficient (Wildman–Crippen LogP) is 7.40. The van der Waals surface area contributed by atoms with Crippen LogP contribution in [0.1, 0.15) is 65.4 Å². The first-order chi connectivity index (χ1) is 16.9. The average molecular weight is 497 g/mol. The third-order valence-corrected chi connectivity index (χ3v) is 8.96. The standard InChI is InChI=1S/C31H46NO2S/c1-6-19-35-29(33)20-26(7-2)15-16-28-22-32(21-27-11-9-8-10-12-27)25(5)31-30(28)24(4)14-13-23(3)17-18-34-31/h8-14,17-18,25-26,28-31,33H,4,6-7,15-16,19-22H2,1-3,5H3/b14-13-,23-17-/t25-,26?,28-,29?,30?,31?/m1/s1. The minimum Gasteiger partial charge on any atom is -0.382 e. The van der Waals surface area contributed by atoms with Gasteiger partial charge < -0.3 is 9.84 Å². The van der Waals surface area contributed by atoms with Crippen LogP contribution in [0.25, 0.3) is 0 Å². The van der Waals surface area contributed by atoms with Gasteiger partial charge in [0.2, 0.25) is 0 Å². The minimum absolute atomic E-state index is 0.0718. The molecule has 0 saturated carbocycles. The lowest BCUT2D eigenvalue weighted by Crippen LogP contribution is -2.55. The van der Waals surface area contributed by atoms with Crippen LogP contribution in [0.3, 0.4) is 0 Å². The SMILES string of the molecule is C=C1/C=C\C(C)=C/[CH]OC2C1[C@H](CCC(CC)CC(O)SCCC)CN(Cc1ccccc1)[C@@H]2C. The lowest BCUT2D eigenvalue weighted by atomic mass is 9.72. The van der Waals surface area contributed by atoms with E-state index in [2.05, 4.69) is 87.7 Å². The van der Waals surface area contributed by atoms with E-state index in [1.165, 1.54) is 16.7 Å². The molecule has 0 aliphatic carbocycles. The van der Waals surface area contributed by atoms with Crippen molar-refractivity contribution in [3.8, 4) is 0 Å². The highest BCUT2D eigenvalue weighted by molar-refractivity contribution is 7.99. The van der Waals surface area contributed by atoms with Gasteiger partial charge in [-0.3, -0.25) is 4.90 Å². The molecule has 1 aromatic rings. The zero-order valence-electron chi connectivity index (χ0n) is 22.2. The summed E-state index contributed by atoms with van der Waals surface area (Å²) in [6.07, 6.45) is 11.9. The number of allylic oxidation sites excluding steroid dienone is 3. The van der Waals surface area contributed by atoms with Crippen LogP contribution in [0.5, 0.6) is 0 Å². The molecule has 3 nitrogen and oxygen atoms in total. The molecule has 1 N–H and O–H groups in total. The molecule has 35 heavy (non-hydrogen) atoms. The van der Waals surface area contributed by atoms with E-state index in [9.17, 15) is 5.11 Å². The third kappa shape index (κ3) is 8.35. The molecule has 3 rings (SSSR count). The van der Waals surface area contributed by atoms with Crippen LogP contribution in [-0.4, -0.2) is 39.9 Å². The van der Waals surface area contributed by atoms with Gasteiger partial charge in [0.05, 0.1) is 11.5 Å².